The van der Waals surface area contributed by atoms with Gasteiger partial charge in [0.15, 0.2) is 5.69 Å². The lowest BCUT2D eigenvalue weighted by Crippen LogP contribution is -2.26. The highest BCUT2D eigenvalue weighted by atomic mass is 16.2. The van der Waals surface area contributed by atoms with Crippen LogP contribution in [0.1, 0.15) is 42.2 Å². The lowest BCUT2D eigenvalue weighted by atomic mass is 10.1. The van der Waals surface area contributed by atoms with Gasteiger partial charge in [-0.25, -0.2) is 4.68 Å². The fourth-order valence-corrected chi connectivity index (χ4v) is 2.29. The van der Waals surface area contributed by atoms with E-state index < -0.39 is 0 Å². The molecule has 0 fully saturated rings. The summed E-state index contributed by atoms with van der Waals surface area (Å²) in [6, 6.07) is 7.83. The number of hydrogen-bond donors (Lipinski definition) is 1. The van der Waals surface area contributed by atoms with E-state index in [4.69, 9.17) is 0 Å². The Labute approximate surface area is 148 Å². The summed E-state index contributed by atoms with van der Waals surface area (Å²) in [6.45, 7) is 2.24. The van der Waals surface area contributed by atoms with Crippen LogP contribution in [-0.4, -0.2) is 45.8 Å². The number of hydrogen-bond acceptors (Lipinski definition) is 4. The van der Waals surface area contributed by atoms with Gasteiger partial charge in [0.2, 0.25) is 5.91 Å². The topological polar surface area (TPSA) is 80.1 Å². The summed E-state index contributed by atoms with van der Waals surface area (Å²) in [6.07, 6.45) is 6.13. The van der Waals surface area contributed by atoms with Crippen molar-refractivity contribution in [1.29, 1.82) is 0 Å². The van der Waals surface area contributed by atoms with Crippen molar-refractivity contribution in [2.75, 3.05) is 19.4 Å². The molecule has 0 atom stereocenters. The van der Waals surface area contributed by atoms with Gasteiger partial charge >= 0.3 is 0 Å². The molecule has 2 aromatic rings. The van der Waals surface area contributed by atoms with Crippen molar-refractivity contribution in [2.45, 2.75) is 39.2 Å². The van der Waals surface area contributed by atoms with Crippen molar-refractivity contribution >= 4 is 17.5 Å². The first-order valence-electron chi connectivity index (χ1n) is 8.50. The average molecular weight is 343 g/mol. The first kappa shape index (κ1) is 18.6. The molecule has 0 aliphatic carbocycles. The second-order valence-electron chi connectivity index (χ2n) is 6.20. The number of anilines is 1. The largest absolute Gasteiger partial charge is 0.347 e. The lowest BCUT2D eigenvalue weighted by molar-refractivity contribution is -0.129. The number of rotatable bonds is 8. The number of benzene rings is 1. The number of unbranched alkanes of at least 4 members (excludes halogenated alkanes) is 2. The summed E-state index contributed by atoms with van der Waals surface area (Å²) in [5, 5.41) is 10.4. The first-order valence-corrected chi connectivity index (χ1v) is 8.50. The van der Waals surface area contributed by atoms with Gasteiger partial charge in [-0.2, -0.15) is 0 Å². The van der Waals surface area contributed by atoms with E-state index in [1.54, 1.807) is 14.1 Å². The van der Waals surface area contributed by atoms with Gasteiger partial charge in [0.25, 0.3) is 5.91 Å². The molecule has 2 rings (SSSR count). The molecule has 25 heavy (non-hydrogen) atoms. The van der Waals surface area contributed by atoms with E-state index >= 15 is 0 Å². The molecule has 7 heteroatoms. The van der Waals surface area contributed by atoms with E-state index in [1.807, 2.05) is 24.3 Å². The minimum atomic E-state index is -0.345. The molecule has 0 aliphatic heterocycles. The van der Waals surface area contributed by atoms with Gasteiger partial charge in [0, 0.05) is 19.8 Å². The molecule has 7 nitrogen and oxygen atoms in total. The highest BCUT2D eigenvalue weighted by molar-refractivity contribution is 6.02. The zero-order valence-corrected chi connectivity index (χ0v) is 15.0. The van der Waals surface area contributed by atoms with Crippen LogP contribution in [0.3, 0.4) is 0 Å². The molecule has 1 aromatic carbocycles. The Bertz CT molecular complexity index is 707. The Hall–Kier alpha value is -2.70. The molecule has 134 valence electrons. The monoisotopic (exact) mass is 343 g/mol. The van der Waals surface area contributed by atoms with Crippen LogP contribution in [0.15, 0.2) is 30.5 Å². The van der Waals surface area contributed by atoms with Crippen LogP contribution in [0.2, 0.25) is 0 Å². The van der Waals surface area contributed by atoms with Crippen molar-refractivity contribution < 1.29 is 9.59 Å². The number of nitrogens with one attached hydrogen (secondary N) is 1. The predicted molar refractivity (Wildman–Crippen MR) is 96.3 cm³/mol. The Balaban J connectivity index is 1.91. The minimum Gasteiger partial charge on any atom is -0.347 e. The maximum Gasteiger partial charge on any atom is 0.277 e. The normalized spacial score (nSPS) is 10.5. The van der Waals surface area contributed by atoms with E-state index in [1.165, 1.54) is 40.6 Å². The quantitative estimate of drug-likeness (QED) is 0.746. The fourth-order valence-electron chi connectivity index (χ4n) is 2.29. The SMILES string of the molecule is CCCCCc1ccc(NC(=O)c2cn(CC(=O)N(C)C)nn2)cc1. The van der Waals surface area contributed by atoms with Gasteiger partial charge < -0.3 is 10.2 Å². The molecule has 0 aliphatic rings. The predicted octanol–water partition coefficient (Wildman–Crippen LogP) is 2.35. The van der Waals surface area contributed by atoms with E-state index in [2.05, 4.69) is 22.6 Å². The molecular weight excluding hydrogens is 318 g/mol. The molecule has 0 spiro atoms. The standard InChI is InChI=1S/C18H25N5O2/c1-4-5-6-7-14-8-10-15(11-9-14)19-18(25)16-12-23(21-20-16)13-17(24)22(2)3/h8-12H,4-7,13H2,1-3H3,(H,19,25). The molecular formula is C18H25N5O2. The third-order valence-electron chi connectivity index (χ3n) is 3.85. The molecule has 1 aromatic heterocycles. The van der Waals surface area contributed by atoms with Crippen LogP contribution in [0.4, 0.5) is 5.69 Å². The Morgan fingerprint density at radius 2 is 1.88 bits per heavy atom. The van der Waals surface area contributed by atoms with Gasteiger partial charge in [0.1, 0.15) is 6.54 Å². The molecule has 0 unspecified atom stereocenters. The minimum absolute atomic E-state index is 0.0553. The number of amides is 2. The summed E-state index contributed by atoms with van der Waals surface area (Å²) >= 11 is 0. The smallest absolute Gasteiger partial charge is 0.277 e. The zero-order chi connectivity index (χ0) is 18.2. The number of carbonyl (C=O) groups excluding carboxylic acids is 2. The summed E-state index contributed by atoms with van der Waals surface area (Å²) < 4.78 is 1.36. The van der Waals surface area contributed by atoms with E-state index in [0.29, 0.717) is 5.69 Å². The van der Waals surface area contributed by atoms with Crippen molar-refractivity contribution in [2.24, 2.45) is 0 Å². The van der Waals surface area contributed by atoms with Crippen LogP contribution in [-0.2, 0) is 17.8 Å². The third-order valence-corrected chi connectivity index (χ3v) is 3.85. The molecule has 1 N–H and O–H groups in total. The van der Waals surface area contributed by atoms with Crippen LogP contribution < -0.4 is 5.32 Å². The van der Waals surface area contributed by atoms with Gasteiger partial charge in [-0.3, -0.25) is 9.59 Å². The zero-order valence-electron chi connectivity index (χ0n) is 15.0. The Morgan fingerprint density at radius 1 is 1.16 bits per heavy atom. The number of nitrogens with zero attached hydrogens (tertiary/aromatic N) is 4. The Morgan fingerprint density at radius 3 is 2.52 bits per heavy atom. The summed E-state index contributed by atoms with van der Waals surface area (Å²) in [4.78, 5) is 25.3. The number of aromatic nitrogens is 3. The first-order chi connectivity index (χ1) is 12.0. The molecule has 0 radical (unpaired) electrons. The summed E-state index contributed by atoms with van der Waals surface area (Å²) in [7, 11) is 3.33. The van der Waals surface area contributed by atoms with Crippen molar-refractivity contribution in [3.63, 3.8) is 0 Å². The number of likely N-dealkylation sites (N-methyl/N-ethyl adjacent to an activating group) is 1. The fraction of sp³-hybridized carbons (Fsp3) is 0.444. The van der Waals surface area contributed by atoms with Gasteiger partial charge in [-0.05, 0) is 30.5 Å². The maximum atomic E-state index is 12.2. The molecule has 0 bridgehead atoms. The van der Waals surface area contributed by atoms with E-state index in [0.717, 1.165) is 6.42 Å². The lowest BCUT2D eigenvalue weighted by Gasteiger charge is -2.08. The second kappa shape index (κ2) is 8.96. The molecule has 0 saturated carbocycles. The van der Waals surface area contributed by atoms with Gasteiger partial charge in [-0.1, -0.05) is 37.1 Å². The van der Waals surface area contributed by atoms with Crippen LogP contribution in [0.25, 0.3) is 0 Å². The Kier molecular flexibility index (Phi) is 6.68. The second-order valence-corrected chi connectivity index (χ2v) is 6.20. The molecule has 2 amide bonds. The van der Waals surface area contributed by atoms with E-state index in [9.17, 15) is 9.59 Å². The summed E-state index contributed by atoms with van der Waals surface area (Å²) in [5.74, 6) is -0.460. The van der Waals surface area contributed by atoms with Crippen LogP contribution in [0.5, 0.6) is 0 Å². The number of aryl methyl sites for hydroxylation is 1. The highest BCUT2D eigenvalue weighted by Gasteiger charge is 2.13. The van der Waals surface area contributed by atoms with Crippen LogP contribution >= 0.6 is 0 Å². The van der Waals surface area contributed by atoms with Crippen LogP contribution in [0, 0.1) is 0 Å². The van der Waals surface area contributed by atoms with Gasteiger partial charge in [-0.15, -0.1) is 5.10 Å². The van der Waals surface area contributed by atoms with Crippen molar-refractivity contribution in [3.05, 3.63) is 41.7 Å². The number of carbonyl (C=O) groups is 2. The van der Waals surface area contributed by atoms with Gasteiger partial charge in [0.05, 0.1) is 6.20 Å². The van der Waals surface area contributed by atoms with E-state index in [-0.39, 0.29) is 24.1 Å². The van der Waals surface area contributed by atoms with Crippen molar-refractivity contribution in [1.82, 2.24) is 19.9 Å². The third kappa shape index (κ3) is 5.70. The average Bonchev–Trinajstić information content (AvgIpc) is 3.05. The molecule has 0 saturated heterocycles. The highest BCUT2D eigenvalue weighted by Crippen LogP contribution is 2.13. The maximum absolute atomic E-state index is 12.2. The molecule has 1 heterocycles. The van der Waals surface area contributed by atoms with Crippen molar-refractivity contribution in [3.8, 4) is 0 Å². The summed E-state index contributed by atoms with van der Waals surface area (Å²) in [5.41, 5.74) is 2.15.